The summed E-state index contributed by atoms with van der Waals surface area (Å²) in [5, 5.41) is 7.27. The molecule has 7 nitrogen and oxygen atoms in total. The van der Waals surface area contributed by atoms with Crippen molar-refractivity contribution < 1.29 is 22.0 Å². The van der Waals surface area contributed by atoms with Gasteiger partial charge in [-0.1, -0.05) is 0 Å². The van der Waals surface area contributed by atoms with E-state index >= 15 is 0 Å². The summed E-state index contributed by atoms with van der Waals surface area (Å²) in [6.45, 7) is 0.0878. The Labute approximate surface area is 193 Å². The van der Waals surface area contributed by atoms with Gasteiger partial charge in [0.1, 0.15) is 23.7 Å². The second-order valence-electron chi connectivity index (χ2n) is 8.65. The SMILES string of the molecule is CN(CCC1CCC(Nc2cnc3cnn(CC(F)F)c3n2)CC1)c1cc(C(F)(F)F)ccn1. The maximum Gasteiger partial charge on any atom is 0.416 e. The molecule has 1 fully saturated rings. The Morgan fingerprint density at radius 2 is 1.91 bits per heavy atom. The fourth-order valence-electron chi connectivity index (χ4n) is 4.28. The number of nitrogens with one attached hydrogen (secondary N) is 1. The first-order chi connectivity index (χ1) is 16.2. The van der Waals surface area contributed by atoms with E-state index in [0.29, 0.717) is 35.3 Å². The van der Waals surface area contributed by atoms with Crippen LogP contribution in [0.2, 0.25) is 0 Å². The first-order valence-electron chi connectivity index (χ1n) is 11.2. The fourth-order valence-corrected chi connectivity index (χ4v) is 4.28. The largest absolute Gasteiger partial charge is 0.416 e. The summed E-state index contributed by atoms with van der Waals surface area (Å²) in [6.07, 6.45) is 1.90. The zero-order valence-corrected chi connectivity index (χ0v) is 18.6. The van der Waals surface area contributed by atoms with E-state index in [1.807, 2.05) is 0 Å². The molecule has 1 N–H and O–H groups in total. The zero-order chi connectivity index (χ0) is 24.3. The number of anilines is 2. The fraction of sp³-hybridized carbons (Fsp3) is 0.545. The molecule has 1 aliphatic rings. The molecule has 0 aromatic carbocycles. The van der Waals surface area contributed by atoms with Crippen molar-refractivity contribution in [2.45, 2.75) is 57.3 Å². The smallest absolute Gasteiger partial charge is 0.366 e. The minimum atomic E-state index is -4.39. The summed E-state index contributed by atoms with van der Waals surface area (Å²) >= 11 is 0. The first kappa shape index (κ1) is 24.1. The second kappa shape index (κ2) is 10.1. The number of rotatable bonds is 8. The van der Waals surface area contributed by atoms with Crippen LogP contribution < -0.4 is 10.2 Å². The molecule has 3 aromatic heterocycles. The highest BCUT2D eigenvalue weighted by Crippen LogP contribution is 2.32. The average Bonchev–Trinajstić information content (AvgIpc) is 3.19. The quantitative estimate of drug-likeness (QED) is 0.455. The predicted octanol–water partition coefficient (Wildman–Crippen LogP) is 5.00. The minimum absolute atomic E-state index is 0.192. The van der Waals surface area contributed by atoms with Gasteiger partial charge in [0.05, 0.1) is 18.0 Å². The Morgan fingerprint density at radius 1 is 1.15 bits per heavy atom. The monoisotopic (exact) mass is 483 g/mol. The van der Waals surface area contributed by atoms with Crippen LogP contribution in [0.3, 0.4) is 0 Å². The van der Waals surface area contributed by atoms with Crippen LogP contribution in [0.25, 0.3) is 11.2 Å². The van der Waals surface area contributed by atoms with E-state index in [1.165, 1.54) is 12.4 Å². The molecule has 1 saturated carbocycles. The Bertz CT molecular complexity index is 1090. The van der Waals surface area contributed by atoms with Gasteiger partial charge in [0.25, 0.3) is 6.43 Å². The first-order valence-corrected chi connectivity index (χ1v) is 11.2. The third kappa shape index (κ3) is 5.89. The highest BCUT2D eigenvalue weighted by atomic mass is 19.4. The van der Waals surface area contributed by atoms with Gasteiger partial charge >= 0.3 is 6.18 Å². The molecule has 0 bridgehead atoms. The van der Waals surface area contributed by atoms with Gasteiger partial charge in [0, 0.05) is 25.8 Å². The molecule has 3 heterocycles. The van der Waals surface area contributed by atoms with Crippen LogP contribution in [0, 0.1) is 5.92 Å². The summed E-state index contributed by atoms with van der Waals surface area (Å²) in [4.78, 5) is 14.5. The standard InChI is InChI=1S/C22H26F5N7/c1-33(20-10-15(6-8-28-20)22(25,26)27)9-7-14-2-4-16(5-3-14)31-19-12-29-17-11-30-34(13-18(23)24)21(17)32-19/h6,8,10-12,14,16,18H,2-5,7,9,13H2,1H3,(H,31,32). The number of hydrogen-bond donors (Lipinski definition) is 1. The van der Waals surface area contributed by atoms with Crippen LogP contribution in [0.1, 0.15) is 37.7 Å². The molecule has 12 heteroatoms. The zero-order valence-electron chi connectivity index (χ0n) is 18.6. The molecule has 3 aromatic rings. The van der Waals surface area contributed by atoms with Crippen molar-refractivity contribution in [1.29, 1.82) is 0 Å². The molecule has 184 valence electrons. The summed E-state index contributed by atoms with van der Waals surface area (Å²) in [5.74, 6) is 1.31. The van der Waals surface area contributed by atoms with E-state index in [-0.39, 0.29) is 6.04 Å². The van der Waals surface area contributed by atoms with Crippen molar-refractivity contribution in [1.82, 2.24) is 24.7 Å². The van der Waals surface area contributed by atoms with Crippen LogP contribution in [-0.4, -0.2) is 50.8 Å². The summed E-state index contributed by atoms with van der Waals surface area (Å²) in [6, 6.07) is 2.24. The Kier molecular flexibility index (Phi) is 7.13. The normalized spacial score (nSPS) is 19.0. The number of pyridine rings is 1. The van der Waals surface area contributed by atoms with Gasteiger partial charge in [-0.3, -0.25) is 0 Å². The van der Waals surface area contributed by atoms with Gasteiger partial charge in [0.15, 0.2) is 5.65 Å². The van der Waals surface area contributed by atoms with E-state index in [4.69, 9.17) is 0 Å². The number of aromatic nitrogens is 5. The molecule has 0 aliphatic heterocycles. The van der Waals surface area contributed by atoms with Gasteiger partial charge in [-0.25, -0.2) is 28.4 Å². The Balaban J connectivity index is 1.27. The van der Waals surface area contributed by atoms with Crippen LogP contribution in [0.4, 0.5) is 33.6 Å². The maximum absolute atomic E-state index is 12.9. The Hall–Kier alpha value is -3.05. The lowest BCUT2D eigenvalue weighted by Crippen LogP contribution is -2.29. The van der Waals surface area contributed by atoms with Crippen LogP contribution in [0.15, 0.2) is 30.7 Å². The van der Waals surface area contributed by atoms with Crippen molar-refractivity contribution in [3.8, 4) is 0 Å². The lowest BCUT2D eigenvalue weighted by Gasteiger charge is -2.30. The van der Waals surface area contributed by atoms with E-state index in [9.17, 15) is 22.0 Å². The van der Waals surface area contributed by atoms with Crippen LogP contribution >= 0.6 is 0 Å². The maximum atomic E-state index is 12.9. The van der Waals surface area contributed by atoms with E-state index in [1.54, 1.807) is 18.1 Å². The summed E-state index contributed by atoms with van der Waals surface area (Å²) in [5.41, 5.74) is 0.0917. The minimum Gasteiger partial charge on any atom is -0.366 e. The number of halogens is 5. The van der Waals surface area contributed by atoms with E-state index in [2.05, 4.69) is 25.4 Å². The van der Waals surface area contributed by atoms with Crippen LogP contribution in [-0.2, 0) is 12.7 Å². The highest BCUT2D eigenvalue weighted by Gasteiger charge is 2.31. The molecule has 0 unspecified atom stereocenters. The summed E-state index contributed by atoms with van der Waals surface area (Å²) in [7, 11) is 1.75. The number of alkyl halides is 5. The number of hydrogen-bond acceptors (Lipinski definition) is 6. The molecule has 0 amide bonds. The number of fused-ring (bicyclic) bond motifs is 1. The average molecular weight is 483 g/mol. The third-order valence-electron chi connectivity index (χ3n) is 6.19. The van der Waals surface area contributed by atoms with Gasteiger partial charge in [-0.15, -0.1) is 0 Å². The molecule has 1 aliphatic carbocycles. The molecule has 0 spiro atoms. The molecule has 0 atom stereocenters. The topological polar surface area (TPSA) is 71.8 Å². The molecule has 4 rings (SSSR count). The highest BCUT2D eigenvalue weighted by molar-refractivity contribution is 5.71. The second-order valence-corrected chi connectivity index (χ2v) is 8.65. The molecule has 34 heavy (non-hydrogen) atoms. The number of nitrogens with zero attached hydrogens (tertiary/aromatic N) is 6. The van der Waals surface area contributed by atoms with E-state index in [0.717, 1.165) is 48.9 Å². The molecule has 0 saturated heterocycles. The Morgan fingerprint density at radius 3 is 2.62 bits per heavy atom. The molecular formula is C22H26F5N7. The van der Waals surface area contributed by atoms with Crippen molar-refractivity contribution >= 4 is 22.8 Å². The van der Waals surface area contributed by atoms with Crippen molar-refractivity contribution in [3.05, 3.63) is 36.3 Å². The predicted molar refractivity (Wildman–Crippen MR) is 118 cm³/mol. The van der Waals surface area contributed by atoms with Gasteiger partial charge in [0.2, 0.25) is 0 Å². The molecular weight excluding hydrogens is 457 g/mol. The van der Waals surface area contributed by atoms with Crippen molar-refractivity contribution in [2.24, 2.45) is 5.92 Å². The van der Waals surface area contributed by atoms with Crippen molar-refractivity contribution in [2.75, 3.05) is 23.8 Å². The lowest BCUT2D eigenvalue weighted by atomic mass is 9.84. The third-order valence-corrected chi connectivity index (χ3v) is 6.19. The van der Waals surface area contributed by atoms with Crippen LogP contribution in [0.5, 0.6) is 0 Å². The van der Waals surface area contributed by atoms with Gasteiger partial charge in [-0.05, 0) is 50.2 Å². The van der Waals surface area contributed by atoms with Gasteiger partial charge < -0.3 is 10.2 Å². The molecule has 0 radical (unpaired) electrons. The van der Waals surface area contributed by atoms with Gasteiger partial charge in [-0.2, -0.15) is 18.3 Å². The lowest BCUT2D eigenvalue weighted by molar-refractivity contribution is -0.137. The van der Waals surface area contributed by atoms with Crippen molar-refractivity contribution in [3.63, 3.8) is 0 Å². The summed E-state index contributed by atoms with van der Waals surface area (Å²) < 4.78 is 65.4. The van der Waals surface area contributed by atoms with E-state index < -0.39 is 24.7 Å².